The van der Waals surface area contributed by atoms with Gasteiger partial charge in [0.15, 0.2) is 0 Å². The van der Waals surface area contributed by atoms with Crippen molar-refractivity contribution < 1.29 is 4.74 Å². The van der Waals surface area contributed by atoms with Crippen molar-refractivity contribution in [2.45, 2.75) is 45.4 Å². The quantitative estimate of drug-likeness (QED) is 0.862. The zero-order valence-electron chi connectivity index (χ0n) is 14.5. The van der Waals surface area contributed by atoms with Crippen LogP contribution in [0.5, 0.6) is 11.5 Å². The lowest BCUT2D eigenvalue weighted by molar-refractivity contribution is 0.462. The Bertz CT molecular complexity index is 980. The molecule has 3 aliphatic rings. The van der Waals surface area contributed by atoms with Crippen molar-refractivity contribution in [1.29, 1.82) is 0 Å². The van der Waals surface area contributed by atoms with Crippen LogP contribution < -0.4 is 20.5 Å². The van der Waals surface area contributed by atoms with Gasteiger partial charge in [0.1, 0.15) is 11.5 Å². The minimum atomic E-state index is 0.992. The molecule has 122 valence electrons. The molecule has 0 atom stereocenters. The van der Waals surface area contributed by atoms with E-state index in [0.717, 1.165) is 23.6 Å². The first kappa shape index (κ1) is 14.2. The molecular weight excluding hydrogens is 294 g/mol. The summed E-state index contributed by atoms with van der Waals surface area (Å²) in [7, 11) is 1.95. The lowest BCUT2D eigenvalue weighted by Crippen LogP contribution is -2.32. The van der Waals surface area contributed by atoms with Crippen molar-refractivity contribution in [1.82, 2.24) is 0 Å². The molecule has 0 amide bonds. The van der Waals surface area contributed by atoms with Crippen molar-refractivity contribution in [2.75, 3.05) is 12.4 Å². The number of fused-ring (bicyclic) bond motifs is 3. The molecule has 0 bridgehead atoms. The number of aryl methyl sites for hydroxylation is 1. The van der Waals surface area contributed by atoms with E-state index < -0.39 is 0 Å². The van der Waals surface area contributed by atoms with Crippen LogP contribution >= 0.6 is 0 Å². The molecule has 1 N–H and O–H groups in total. The van der Waals surface area contributed by atoms with Crippen LogP contribution in [0.15, 0.2) is 24.3 Å². The summed E-state index contributed by atoms with van der Waals surface area (Å²) >= 11 is 0. The van der Waals surface area contributed by atoms with E-state index in [0.29, 0.717) is 0 Å². The fraction of sp³-hybridized carbons (Fsp3) is 0.364. The number of anilines is 1. The predicted molar refractivity (Wildman–Crippen MR) is 99.2 cm³/mol. The highest BCUT2D eigenvalue weighted by molar-refractivity contribution is 5.76. The molecule has 0 aromatic heterocycles. The first-order valence-electron chi connectivity index (χ1n) is 9.14. The Morgan fingerprint density at radius 3 is 2.67 bits per heavy atom. The molecule has 5 rings (SSSR count). The molecule has 1 heterocycles. The van der Waals surface area contributed by atoms with E-state index >= 15 is 0 Å². The zero-order valence-corrected chi connectivity index (χ0v) is 14.5. The summed E-state index contributed by atoms with van der Waals surface area (Å²) in [5, 5.41) is 6.10. The Morgan fingerprint density at radius 2 is 1.83 bits per heavy atom. The second kappa shape index (κ2) is 5.14. The van der Waals surface area contributed by atoms with Gasteiger partial charge in [-0.3, -0.25) is 0 Å². The van der Waals surface area contributed by atoms with E-state index in [2.05, 4.69) is 36.5 Å². The van der Waals surface area contributed by atoms with Gasteiger partial charge in [-0.1, -0.05) is 5.57 Å². The van der Waals surface area contributed by atoms with Gasteiger partial charge in [-0.2, -0.15) is 0 Å². The third-order valence-electron chi connectivity index (χ3n) is 5.93. The molecule has 0 radical (unpaired) electrons. The Kier molecular flexibility index (Phi) is 3.03. The Morgan fingerprint density at radius 1 is 1.00 bits per heavy atom. The molecule has 0 spiro atoms. The lowest BCUT2D eigenvalue weighted by Gasteiger charge is -2.28. The van der Waals surface area contributed by atoms with Crippen LogP contribution in [0.3, 0.4) is 0 Å². The third kappa shape index (κ3) is 1.89. The summed E-state index contributed by atoms with van der Waals surface area (Å²) in [6.07, 6.45) is 7.51. The largest absolute Gasteiger partial charge is 0.456 e. The van der Waals surface area contributed by atoms with E-state index in [1.54, 1.807) is 16.4 Å². The normalized spacial score (nSPS) is 17.6. The minimum Gasteiger partial charge on any atom is -0.456 e. The van der Waals surface area contributed by atoms with Gasteiger partial charge < -0.3 is 10.1 Å². The predicted octanol–water partition coefficient (Wildman–Crippen LogP) is 3.88. The summed E-state index contributed by atoms with van der Waals surface area (Å²) in [4.78, 5) is 0. The van der Waals surface area contributed by atoms with Crippen LogP contribution in [-0.4, -0.2) is 7.05 Å². The van der Waals surface area contributed by atoms with Crippen LogP contribution in [0.2, 0.25) is 0 Å². The molecule has 0 unspecified atom stereocenters. The van der Waals surface area contributed by atoms with Gasteiger partial charge in [-0.15, -0.1) is 0 Å². The fourth-order valence-corrected chi connectivity index (χ4v) is 4.73. The molecule has 0 saturated carbocycles. The summed E-state index contributed by atoms with van der Waals surface area (Å²) in [6.45, 7) is 2.24. The van der Waals surface area contributed by atoms with Crippen molar-refractivity contribution in [3.63, 3.8) is 0 Å². The molecule has 0 saturated heterocycles. The summed E-state index contributed by atoms with van der Waals surface area (Å²) in [6, 6.07) is 8.86. The molecule has 2 aromatic rings. The fourth-order valence-electron chi connectivity index (χ4n) is 4.73. The Labute approximate surface area is 142 Å². The highest BCUT2D eigenvalue weighted by Gasteiger charge is 2.25. The van der Waals surface area contributed by atoms with E-state index in [9.17, 15) is 0 Å². The van der Waals surface area contributed by atoms with Crippen molar-refractivity contribution in [3.8, 4) is 11.5 Å². The van der Waals surface area contributed by atoms with Gasteiger partial charge in [-0.25, -0.2) is 0 Å². The number of nitrogens with one attached hydrogen (secondary N) is 1. The number of hydrogen-bond acceptors (Lipinski definition) is 2. The topological polar surface area (TPSA) is 21.3 Å². The summed E-state index contributed by atoms with van der Waals surface area (Å²) in [5.74, 6) is 2.12. The van der Waals surface area contributed by atoms with E-state index in [4.69, 9.17) is 4.74 Å². The number of hydrogen-bond donors (Lipinski definition) is 1. The maximum absolute atomic E-state index is 6.49. The number of rotatable bonds is 1. The summed E-state index contributed by atoms with van der Waals surface area (Å²) < 4.78 is 6.49. The average Bonchev–Trinajstić information content (AvgIpc) is 2.63. The molecule has 2 heteroatoms. The van der Waals surface area contributed by atoms with Crippen LogP contribution in [0, 0.1) is 0 Å². The molecule has 2 aromatic carbocycles. The van der Waals surface area contributed by atoms with Crippen LogP contribution in [-0.2, 0) is 12.8 Å². The van der Waals surface area contributed by atoms with Gasteiger partial charge in [0.05, 0.1) is 0 Å². The van der Waals surface area contributed by atoms with Crippen molar-refractivity contribution >= 4 is 16.8 Å². The molecule has 1 aliphatic heterocycles. The van der Waals surface area contributed by atoms with Gasteiger partial charge in [0, 0.05) is 35.1 Å². The molecular formula is C22H23NO. The smallest absolute Gasteiger partial charge is 0.138 e. The SMILES string of the molecule is CNc1ccc2c(c1)Oc1c3c4c(cc1=C2C)CCCC=4CCC3. The average molecular weight is 317 g/mol. The maximum Gasteiger partial charge on any atom is 0.138 e. The van der Waals surface area contributed by atoms with Crippen molar-refractivity contribution in [3.05, 3.63) is 51.4 Å². The van der Waals surface area contributed by atoms with Gasteiger partial charge in [0.25, 0.3) is 0 Å². The van der Waals surface area contributed by atoms with Crippen LogP contribution in [0.1, 0.15) is 49.3 Å². The second-order valence-electron chi connectivity index (χ2n) is 7.26. The zero-order chi connectivity index (χ0) is 16.3. The van der Waals surface area contributed by atoms with Gasteiger partial charge >= 0.3 is 0 Å². The molecule has 2 aliphatic carbocycles. The van der Waals surface area contributed by atoms with E-state index in [-0.39, 0.29) is 0 Å². The number of benzene rings is 2. The monoisotopic (exact) mass is 317 g/mol. The Hall–Kier alpha value is -2.22. The Balaban J connectivity index is 1.86. The maximum atomic E-state index is 6.49. The third-order valence-corrected chi connectivity index (χ3v) is 5.93. The van der Waals surface area contributed by atoms with E-state index in [1.807, 2.05) is 7.05 Å². The summed E-state index contributed by atoms with van der Waals surface area (Å²) in [5.41, 5.74) is 8.39. The first-order valence-corrected chi connectivity index (χ1v) is 9.14. The van der Waals surface area contributed by atoms with E-state index in [1.165, 1.54) is 54.0 Å². The van der Waals surface area contributed by atoms with Gasteiger partial charge in [-0.05, 0) is 80.0 Å². The standard InChI is InChI=1S/C22H23NO/c1-13-17-10-9-16(23-2)12-20(17)24-22-18-8-4-6-14-5-3-7-15(21(14)18)11-19(13)22/h9-12,23H,3-8H2,1-2H3. The molecule has 0 fully saturated rings. The van der Waals surface area contributed by atoms with Gasteiger partial charge in [0.2, 0.25) is 0 Å². The first-order chi connectivity index (χ1) is 11.8. The lowest BCUT2D eigenvalue weighted by atomic mass is 9.81. The van der Waals surface area contributed by atoms with Crippen LogP contribution in [0.25, 0.3) is 11.1 Å². The highest BCUT2D eigenvalue weighted by atomic mass is 16.5. The second-order valence-corrected chi connectivity index (χ2v) is 7.26. The minimum absolute atomic E-state index is 0.992. The molecule has 24 heavy (non-hydrogen) atoms. The number of ether oxygens (including phenoxy) is 1. The van der Waals surface area contributed by atoms with Crippen molar-refractivity contribution in [2.24, 2.45) is 0 Å². The highest BCUT2D eigenvalue weighted by Crippen LogP contribution is 2.37. The molecule has 2 nitrogen and oxygen atoms in total. The van der Waals surface area contributed by atoms with Crippen LogP contribution in [0.4, 0.5) is 5.69 Å².